The highest BCUT2D eigenvalue weighted by molar-refractivity contribution is 6.18. The highest BCUT2D eigenvalue weighted by atomic mass is 35.5. The number of aromatic nitrogens is 2. The summed E-state index contributed by atoms with van der Waals surface area (Å²) >= 11 is 5.64. The van der Waals surface area contributed by atoms with Crippen LogP contribution >= 0.6 is 11.6 Å². The Kier molecular flexibility index (Phi) is 5.53. The number of anilines is 4. The van der Waals surface area contributed by atoms with Crippen LogP contribution in [0.4, 0.5) is 27.8 Å². The minimum absolute atomic E-state index is 0.337. The molecule has 3 rings (SSSR count). The van der Waals surface area contributed by atoms with E-state index in [2.05, 4.69) is 21.0 Å². The molecule has 0 fully saturated rings. The average Bonchev–Trinajstić information content (AvgIpc) is 3.03. The standard InChI is InChI=1S/C18H18ClN5O/c19-11-12-20-18(25)24-17(22-15-9-5-2-6-10-15)13-16(23-24)21-14-7-3-1-4-8-14/h1-10,13,22H,11-12H2,(H,20,25)(H,21,23). The van der Waals surface area contributed by atoms with Crippen LogP contribution in [-0.4, -0.2) is 28.2 Å². The normalized spacial score (nSPS) is 10.3. The van der Waals surface area contributed by atoms with Crippen molar-refractivity contribution in [2.24, 2.45) is 0 Å². The average molecular weight is 356 g/mol. The zero-order chi connectivity index (χ0) is 17.5. The maximum atomic E-state index is 12.3. The molecule has 1 amide bonds. The van der Waals surface area contributed by atoms with E-state index in [4.69, 9.17) is 11.6 Å². The van der Waals surface area contributed by atoms with E-state index in [1.165, 1.54) is 4.68 Å². The molecular weight excluding hydrogens is 338 g/mol. The van der Waals surface area contributed by atoms with Crippen molar-refractivity contribution in [3.05, 3.63) is 66.7 Å². The van der Waals surface area contributed by atoms with Gasteiger partial charge < -0.3 is 16.0 Å². The fraction of sp³-hybridized carbons (Fsp3) is 0.111. The molecule has 128 valence electrons. The summed E-state index contributed by atoms with van der Waals surface area (Å²) in [6, 6.07) is 20.7. The molecule has 3 N–H and O–H groups in total. The number of hydrogen-bond donors (Lipinski definition) is 3. The number of amides is 1. The quantitative estimate of drug-likeness (QED) is 0.580. The van der Waals surface area contributed by atoms with Gasteiger partial charge in [-0.05, 0) is 24.3 Å². The maximum absolute atomic E-state index is 12.3. The summed E-state index contributed by atoms with van der Waals surface area (Å²) in [5.74, 6) is 1.45. The van der Waals surface area contributed by atoms with Crippen molar-refractivity contribution >= 4 is 40.6 Å². The van der Waals surface area contributed by atoms with Crippen LogP contribution in [0.3, 0.4) is 0 Å². The van der Waals surface area contributed by atoms with Gasteiger partial charge >= 0.3 is 6.03 Å². The summed E-state index contributed by atoms with van der Waals surface area (Å²) in [6.07, 6.45) is 0. The molecular formula is C18H18ClN5O. The van der Waals surface area contributed by atoms with Crippen molar-refractivity contribution in [3.8, 4) is 0 Å². The van der Waals surface area contributed by atoms with Crippen LogP contribution in [0.15, 0.2) is 66.7 Å². The Hall–Kier alpha value is -2.99. The van der Waals surface area contributed by atoms with Gasteiger partial charge in [0, 0.05) is 29.9 Å². The second kappa shape index (κ2) is 8.21. The van der Waals surface area contributed by atoms with Crippen molar-refractivity contribution in [1.29, 1.82) is 0 Å². The van der Waals surface area contributed by atoms with E-state index in [1.807, 2.05) is 60.7 Å². The lowest BCUT2D eigenvalue weighted by molar-refractivity contribution is 0.240. The van der Waals surface area contributed by atoms with Crippen molar-refractivity contribution in [3.63, 3.8) is 0 Å². The molecule has 0 bridgehead atoms. The summed E-state index contributed by atoms with van der Waals surface area (Å²) < 4.78 is 1.28. The van der Waals surface area contributed by atoms with Gasteiger partial charge in [-0.15, -0.1) is 16.7 Å². The van der Waals surface area contributed by atoms with Crippen molar-refractivity contribution < 1.29 is 4.79 Å². The van der Waals surface area contributed by atoms with Gasteiger partial charge in [0.15, 0.2) is 5.82 Å². The molecule has 0 unspecified atom stereocenters. The van der Waals surface area contributed by atoms with E-state index in [1.54, 1.807) is 6.07 Å². The summed E-state index contributed by atoms with van der Waals surface area (Å²) in [5.41, 5.74) is 1.75. The Morgan fingerprint density at radius 2 is 1.56 bits per heavy atom. The van der Waals surface area contributed by atoms with Gasteiger partial charge in [0.1, 0.15) is 5.82 Å². The molecule has 1 heterocycles. The summed E-state index contributed by atoms with van der Waals surface area (Å²) in [7, 11) is 0. The van der Waals surface area contributed by atoms with Crippen LogP contribution in [0, 0.1) is 0 Å². The first-order chi connectivity index (χ1) is 12.3. The second-order valence-electron chi connectivity index (χ2n) is 5.23. The molecule has 0 aliphatic heterocycles. The maximum Gasteiger partial charge on any atom is 0.344 e. The summed E-state index contributed by atoms with van der Waals surface area (Å²) in [6.45, 7) is 0.368. The van der Waals surface area contributed by atoms with E-state index < -0.39 is 0 Å². The monoisotopic (exact) mass is 355 g/mol. The van der Waals surface area contributed by atoms with Gasteiger partial charge in [-0.2, -0.15) is 4.68 Å². The van der Waals surface area contributed by atoms with E-state index in [0.717, 1.165) is 11.4 Å². The Morgan fingerprint density at radius 3 is 2.16 bits per heavy atom. The molecule has 0 aliphatic carbocycles. The summed E-state index contributed by atoms with van der Waals surface area (Å²) in [5, 5.41) is 13.4. The molecule has 7 heteroatoms. The zero-order valence-corrected chi connectivity index (χ0v) is 14.2. The molecule has 3 aromatic rings. The molecule has 25 heavy (non-hydrogen) atoms. The highest BCUT2D eigenvalue weighted by Crippen LogP contribution is 2.22. The van der Waals surface area contributed by atoms with Gasteiger partial charge in [0.05, 0.1) is 0 Å². The smallest absolute Gasteiger partial charge is 0.340 e. The molecule has 1 aromatic heterocycles. The first-order valence-electron chi connectivity index (χ1n) is 7.84. The van der Waals surface area contributed by atoms with E-state index in [9.17, 15) is 4.79 Å². The van der Waals surface area contributed by atoms with Crippen LogP contribution in [0.2, 0.25) is 0 Å². The van der Waals surface area contributed by atoms with Gasteiger partial charge in [-0.25, -0.2) is 4.79 Å². The van der Waals surface area contributed by atoms with Crippen LogP contribution < -0.4 is 16.0 Å². The number of carbonyl (C=O) groups is 1. The molecule has 0 radical (unpaired) electrons. The molecule has 0 saturated heterocycles. The number of carbonyl (C=O) groups excluding carboxylic acids is 1. The Balaban J connectivity index is 1.86. The third-order valence-electron chi connectivity index (χ3n) is 3.36. The Bertz CT molecular complexity index is 820. The number of halogens is 1. The third kappa shape index (κ3) is 4.51. The lowest BCUT2D eigenvalue weighted by Gasteiger charge is -2.09. The first kappa shape index (κ1) is 16.9. The van der Waals surface area contributed by atoms with Crippen LogP contribution in [0.1, 0.15) is 0 Å². The fourth-order valence-corrected chi connectivity index (χ4v) is 2.35. The number of nitrogens with zero attached hydrogens (tertiary/aromatic N) is 2. The SMILES string of the molecule is O=C(NCCCl)n1nc(Nc2ccccc2)cc1Nc1ccccc1. The summed E-state index contributed by atoms with van der Waals surface area (Å²) in [4.78, 5) is 12.3. The number of alkyl halides is 1. The lowest BCUT2D eigenvalue weighted by atomic mass is 10.3. The van der Waals surface area contributed by atoms with Crippen molar-refractivity contribution in [2.75, 3.05) is 23.1 Å². The minimum Gasteiger partial charge on any atom is -0.340 e. The third-order valence-corrected chi connectivity index (χ3v) is 3.55. The van der Waals surface area contributed by atoms with Gasteiger partial charge in [-0.1, -0.05) is 36.4 Å². The van der Waals surface area contributed by atoms with Gasteiger partial charge in [0.2, 0.25) is 0 Å². The van der Waals surface area contributed by atoms with E-state index in [-0.39, 0.29) is 6.03 Å². The first-order valence-corrected chi connectivity index (χ1v) is 8.38. The highest BCUT2D eigenvalue weighted by Gasteiger charge is 2.14. The Labute approximate surface area is 150 Å². The Morgan fingerprint density at radius 1 is 0.960 bits per heavy atom. The number of rotatable bonds is 6. The second-order valence-corrected chi connectivity index (χ2v) is 5.61. The molecule has 0 atom stereocenters. The minimum atomic E-state index is -0.347. The molecule has 0 saturated carbocycles. The van der Waals surface area contributed by atoms with E-state index in [0.29, 0.717) is 24.1 Å². The molecule has 6 nitrogen and oxygen atoms in total. The predicted octanol–water partition coefficient (Wildman–Crippen LogP) is 4.17. The van der Waals surface area contributed by atoms with Gasteiger partial charge in [-0.3, -0.25) is 0 Å². The number of benzene rings is 2. The lowest BCUT2D eigenvalue weighted by Crippen LogP contribution is -2.31. The largest absolute Gasteiger partial charge is 0.344 e. The number of nitrogens with one attached hydrogen (secondary N) is 3. The van der Waals surface area contributed by atoms with Gasteiger partial charge in [0.25, 0.3) is 0 Å². The fourth-order valence-electron chi connectivity index (χ4n) is 2.25. The number of para-hydroxylation sites is 2. The van der Waals surface area contributed by atoms with Crippen LogP contribution in [0.5, 0.6) is 0 Å². The molecule has 0 spiro atoms. The van der Waals surface area contributed by atoms with Crippen molar-refractivity contribution in [1.82, 2.24) is 15.1 Å². The van der Waals surface area contributed by atoms with Crippen LogP contribution in [-0.2, 0) is 0 Å². The topological polar surface area (TPSA) is 71.0 Å². The molecule has 2 aromatic carbocycles. The predicted molar refractivity (Wildman–Crippen MR) is 101 cm³/mol. The van der Waals surface area contributed by atoms with E-state index >= 15 is 0 Å². The van der Waals surface area contributed by atoms with Crippen LogP contribution in [0.25, 0.3) is 0 Å². The number of hydrogen-bond acceptors (Lipinski definition) is 4. The molecule has 0 aliphatic rings. The van der Waals surface area contributed by atoms with Crippen molar-refractivity contribution in [2.45, 2.75) is 0 Å². The zero-order valence-electron chi connectivity index (χ0n) is 13.4.